The molecule has 0 amide bonds. The number of aliphatic carboxylic acids is 1. The summed E-state index contributed by atoms with van der Waals surface area (Å²) >= 11 is 3.29. The number of halogens is 1. The third kappa shape index (κ3) is 5.15. The summed E-state index contributed by atoms with van der Waals surface area (Å²) in [6.45, 7) is 0.360. The summed E-state index contributed by atoms with van der Waals surface area (Å²) < 4.78 is 27.9. The molecule has 2 aromatic carbocycles. The number of carboxylic acids is 1. The summed E-state index contributed by atoms with van der Waals surface area (Å²) in [5.41, 5.74) is 0.855. The third-order valence-corrected chi connectivity index (χ3v) is 5.84. The Bertz CT molecular complexity index is 776. The van der Waals surface area contributed by atoms with E-state index in [1.807, 2.05) is 30.3 Å². The SMILES string of the molecule is O=C(O)CCCN(Cc1ccccc1)S(=O)(=O)c1ccc(Br)cc1. The Hall–Kier alpha value is -1.70. The second-order valence-electron chi connectivity index (χ2n) is 5.28. The highest BCUT2D eigenvalue weighted by Gasteiger charge is 2.24. The number of carbonyl (C=O) groups is 1. The fraction of sp³-hybridized carbons (Fsp3) is 0.235. The summed E-state index contributed by atoms with van der Waals surface area (Å²) in [7, 11) is -3.69. The van der Waals surface area contributed by atoms with Crippen LogP contribution in [-0.2, 0) is 21.4 Å². The normalized spacial score (nSPS) is 11.6. The van der Waals surface area contributed by atoms with Gasteiger partial charge in [-0.15, -0.1) is 0 Å². The van der Waals surface area contributed by atoms with Gasteiger partial charge in [-0.2, -0.15) is 4.31 Å². The van der Waals surface area contributed by atoms with E-state index in [0.717, 1.165) is 10.0 Å². The number of hydrogen-bond donors (Lipinski definition) is 1. The molecule has 0 radical (unpaired) electrons. The van der Waals surface area contributed by atoms with E-state index in [0.29, 0.717) is 0 Å². The van der Waals surface area contributed by atoms with E-state index in [1.165, 1.54) is 16.4 Å². The first kappa shape index (κ1) is 18.6. The molecule has 24 heavy (non-hydrogen) atoms. The molecule has 0 fully saturated rings. The summed E-state index contributed by atoms with van der Waals surface area (Å²) in [5, 5.41) is 8.79. The molecule has 0 bridgehead atoms. The monoisotopic (exact) mass is 411 g/mol. The minimum Gasteiger partial charge on any atom is -0.481 e. The van der Waals surface area contributed by atoms with Crippen LogP contribution < -0.4 is 0 Å². The summed E-state index contributed by atoms with van der Waals surface area (Å²) in [6, 6.07) is 15.7. The first-order chi connectivity index (χ1) is 11.4. The fourth-order valence-corrected chi connectivity index (χ4v) is 3.96. The molecule has 0 unspecified atom stereocenters. The van der Waals surface area contributed by atoms with Crippen molar-refractivity contribution in [3.05, 3.63) is 64.6 Å². The van der Waals surface area contributed by atoms with Crippen LogP contribution in [0.25, 0.3) is 0 Å². The highest BCUT2D eigenvalue weighted by molar-refractivity contribution is 9.10. The molecule has 0 saturated carbocycles. The second-order valence-corrected chi connectivity index (χ2v) is 8.13. The number of carboxylic acid groups (broad SMARTS) is 1. The minimum atomic E-state index is -3.69. The lowest BCUT2D eigenvalue weighted by molar-refractivity contribution is -0.137. The van der Waals surface area contributed by atoms with Gasteiger partial charge in [0.2, 0.25) is 10.0 Å². The molecule has 7 heteroatoms. The largest absolute Gasteiger partial charge is 0.481 e. The van der Waals surface area contributed by atoms with Gasteiger partial charge in [-0.1, -0.05) is 46.3 Å². The molecule has 0 aliphatic rings. The molecule has 5 nitrogen and oxygen atoms in total. The van der Waals surface area contributed by atoms with Crippen LogP contribution in [0.3, 0.4) is 0 Å². The van der Waals surface area contributed by atoms with Gasteiger partial charge in [0, 0.05) is 24.0 Å². The Morgan fingerprint density at radius 1 is 1.04 bits per heavy atom. The molecule has 0 aliphatic heterocycles. The van der Waals surface area contributed by atoms with Crippen molar-refractivity contribution in [2.75, 3.05) is 6.54 Å². The zero-order chi connectivity index (χ0) is 17.6. The standard InChI is InChI=1S/C17H18BrNO4S/c18-15-8-10-16(11-9-15)24(22,23)19(12-4-7-17(20)21)13-14-5-2-1-3-6-14/h1-3,5-6,8-11H,4,7,12-13H2,(H,20,21). The van der Waals surface area contributed by atoms with Crippen LogP contribution in [-0.4, -0.2) is 30.3 Å². The fourth-order valence-electron chi connectivity index (χ4n) is 2.23. The van der Waals surface area contributed by atoms with Crippen LogP contribution in [0, 0.1) is 0 Å². The van der Waals surface area contributed by atoms with Gasteiger partial charge in [0.15, 0.2) is 0 Å². The summed E-state index contributed by atoms with van der Waals surface area (Å²) in [6.07, 6.45) is 0.194. The zero-order valence-corrected chi connectivity index (χ0v) is 15.3. The van der Waals surface area contributed by atoms with Gasteiger partial charge in [-0.25, -0.2) is 8.42 Å². The van der Waals surface area contributed by atoms with Crippen LogP contribution in [0.2, 0.25) is 0 Å². The first-order valence-electron chi connectivity index (χ1n) is 7.41. The third-order valence-electron chi connectivity index (χ3n) is 3.45. The van der Waals surface area contributed by atoms with Gasteiger partial charge < -0.3 is 5.11 Å². The highest BCUT2D eigenvalue weighted by atomic mass is 79.9. The van der Waals surface area contributed by atoms with Crippen LogP contribution in [0.1, 0.15) is 18.4 Å². The van der Waals surface area contributed by atoms with Crippen molar-refractivity contribution in [1.82, 2.24) is 4.31 Å². The van der Waals surface area contributed by atoms with E-state index in [-0.39, 0.29) is 30.8 Å². The number of benzene rings is 2. The van der Waals surface area contributed by atoms with Crippen molar-refractivity contribution in [3.63, 3.8) is 0 Å². The zero-order valence-electron chi connectivity index (χ0n) is 12.9. The predicted molar refractivity (Wildman–Crippen MR) is 95.0 cm³/mol. The van der Waals surface area contributed by atoms with Crippen LogP contribution in [0.15, 0.2) is 64.0 Å². The molecule has 0 aromatic heterocycles. The molecule has 1 N–H and O–H groups in total. The smallest absolute Gasteiger partial charge is 0.303 e. The molecule has 0 atom stereocenters. The lowest BCUT2D eigenvalue weighted by Gasteiger charge is -2.22. The lowest BCUT2D eigenvalue weighted by atomic mass is 10.2. The van der Waals surface area contributed by atoms with E-state index in [4.69, 9.17) is 5.11 Å². The van der Waals surface area contributed by atoms with Gasteiger partial charge >= 0.3 is 5.97 Å². The molecular formula is C17H18BrNO4S. The quantitative estimate of drug-likeness (QED) is 0.720. The average Bonchev–Trinajstić information content (AvgIpc) is 2.55. The minimum absolute atomic E-state index is 0.0683. The van der Waals surface area contributed by atoms with E-state index in [1.54, 1.807) is 12.1 Å². The van der Waals surface area contributed by atoms with Crippen molar-refractivity contribution in [3.8, 4) is 0 Å². The Kier molecular flexibility index (Phi) is 6.53. The van der Waals surface area contributed by atoms with Crippen molar-refractivity contribution in [2.45, 2.75) is 24.3 Å². The number of hydrogen-bond acceptors (Lipinski definition) is 3. The van der Waals surface area contributed by atoms with Crippen molar-refractivity contribution in [2.24, 2.45) is 0 Å². The molecule has 2 aromatic rings. The molecule has 0 saturated heterocycles. The molecule has 0 aliphatic carbocycles. The molecule has 128 valence electrons. The molecule has 2 rings (SSSR count). The van der Waals surface area contributed by atoms with Gasteiger partial charge in [0.1, 0.15) is 0 Å². The number of rotatable bonds is 8. The van der Waals surface area contributed by atoms with E-state index in [9.17, 15) is 13.2 Å². The Morgan fingerprint density at radius 3 is 2.25 bits per heavy atom. The number of nitrogens with zero attached hydrogens (tertiary/aromatic N) is 1. The second kappa shape index (κ2) is 8.41. The predicted octanol–water partition coefficient (Wildman–Crippen LogP) is 3.50. The van der Waals surface area contributed by atoms with Gasteiger partial charge in [0.05, 0.1) is 4.90 Å². The highest BCUT2D eigenvalue weighted by Crippen LogP contribution is 2.21. The Labute approximate surface area is 150 Å². The van der Waals surface area contributed by atoms with Crippen molar-refractivity contribution >= 4 is 31.9 Å². The van der Waals surface area contributed by atoms with Crippen LogP contribution >= 0.6 is 15.9 Å². The molecular weight excluding hydrogens is 394 g/mol. The van der Waals surface area contributed by atoms with E-state index < -0.39 is 16.0 Å². The lowest BCUT2D eigenvalue weighted by Crippen LogP contribution is -2.32. The van der Waals surface area contributed by atoms with Crippen molar-refractivity contribution < 1.29 is 18.3 Å². The number of sulfonamides is 1. The van der Waals surface area contributed by atoms with Gasteiger partial charge in [0.25, 0.3) is 0 Å². The maximum atomic E-state index is 12.9. The van der Waals surface area contributed by atoms with Gasteiger partial charge in [-0.05, 0) is 36.2 Å². The maximum absolute atomic E-state index is 12.9. The van der Waals surface area contributed by atoms with E-state index >= 15 is 0 Å². The Morgan fingerprint density at radius 2 is 1.67 bits per heavy atom. The van der Waals surface area contributed by atoms with Gasteiger partial charge in [-0.3, -0.25) is 4.79 Å². The van der Waals surface area contributed by atoms with E-state index in [2.05, 4.69) is 15.9 Å². The summed E-state index contributed by atoms with van der Waals surface area (Å²) in [4.78, 5) is 10.9. The Balaban J connectivity index is 2.25. The molecule has 0 heterocycles. The maximum Gasteiger partial charge on any atom is 0.303 e. The topological polar surface area (TPSA) is 74.7 Å². The van der Waals surface area contributed by atoms with Crippen LogP contribution in [0.5, 0.6) is 0 Å². The first-order valence-corrected chi connectivity index (χ1v) is 9.64. The average molecular weight is 412 g/mol. The summed E-state index contributed by atoms with van der Waals surface area (Å²) in [5.74, 6) is -0.935. The molecule has 0 spiro atoms. The van der Waals surface area contributed by atoms with Crippen molar-refractivity contribution in [1.29, 1.82) is 0 Å². The van der Waals surface area contributed by atoms with Crippen LogP contribution in [0.4, 0.5) is 0 Å².